The number of anilines is 1. The third-order valence-electron chi connectivity index (χ3n) is 3.20. The van der Waals surface area contributed by atoms with Crippen molar-refractivity contribution >= 4 is 27.4 Å². The Morgan fingerprint density at radius 3 is 2.41 bits per heavy atom. The summed E-state index contributed by atoms with van der Waals surface area (Å²) in [6.07, 6.45) is 0. The maximum atomic E-state index is 11.3. The highest BCUT2D eigenvalue weighted by Gasteiger charge is 2.16. The van der Waals surface area contributed by atoms with Gasteiger partial charge >= 0.3 is 0 Å². The highest BCUT2D eigenvalue weighted by molar-refractivity contribution is 9.10. The van der Waals surface area contributed by atoms with E-state index in [0.29, 0.717) is 0 Å². The average Bonchev–Trinajstić information content (AvgIpc) is 2.30. The van der Waals surface area contributed by atoms with Crippen molar-refractivity contribution in [1.29, 1.82) is 0 Å². The standard InChI is InChI=1S/C13H17BrN2O/c1-10(17)11-3-4-13(12(14)9-11)16-7-5-15(2)6-8-16/h3-4,9H,5-8H2,1-2H3. The van der Waals surface area contributed by atoms with Crippen molar-refractivity contribution in [2.24, 2.45) is 0 Å². The van der Waals surface area contributed by atoms with Crippen LogP contribution in [0.4, 0.5) is 5.69 Å². The van der Waals surface area contributed by atoms with Crippen LogP contribution in [-0.4, -0.2) is 43.9 Å². The molecule has 1 aliphatic rings. The molecule has 17 heavy (non-hydrogen) atoms. The zero-order valence-corrected chi connectivity index (χ0v) is 11.8. The van der Waals surface area contributed by atoms with Crippen LogP contribution in [0.2, 0.25) is 0 Å². The Hall–Kier alpha value is -0.870. The molecule has 0 aromatic heterocycles. The molecule has 0 N–H and O–H groups in total. The summed E-state index contributed by atoms with van der Waals surface area (Å²) < 4.78 is 1.01. The van der Waals surface area contributed by atoms with Gasteiger partial charge in [0.15, 0.2) is 5.78 Å². The van der Waals surface area contributed by atoms with E-state index in [-0.39, 0.29) is 5.78 Å². The molecule has 0 radical (unpaired) electrons. The molecule has 0 atom stereocenters. The van der Waals surface area contributed by atoms with Crippen molar-refractivity contribution in [3.8, 4) is 0 Å². The lowest BCUT2D eigenvalue weighted by Gasteiger charge is -2.34. The molecule has 0 saturated carbocycles. The van der Waals surface area contributed by atoms with Gasteiger partial charge in [0, 0.05) is 36.2 Å². The number of carbonyl (C=O) groups is 1. The molecule has 1 fully saturated rings. The molecular formula is C13H17BrN2O. The second kappa shape index (κ2) is 5.19. The number of halogens is 1. The summed E-state index contributed by atoms with van der Waals surface area (Å²) in [5, 5.41) is 0. The van der Waals surface area contributed by atoms with Crippen LogP contribution in [0.25, 0.3) is 0 Å². The molecule has 1 aromatic carbocycles. The number of carbonyl (C=O) groups excluding carboxylic acids is 1. The zero-order valence-electron chi connectivity index (χ0n) is 10.2. The van der Waals surface area contributed by atoms with E-state index >= 15 is 0 Å². The molecule has 3 nitrogen and oxygen atoms in total. The monoisotopic (exact) mass is 296 g/mol. The van der Waals surface area contributed by atoms with Crippen molar-refractivity contribution < 1.29 is 4.79 Å². The highest BCUT2D eigenvalue weighted by Crippen LogP contribution is 2.28. The van der Waals surface area contributed by atoms with Crippen molar-refractivity contribution in [1.82, 2.24) is 4.90 Å². The molecule has 0 unspecified atom stereocenters. The minimum absolute atomic E-state index is 0.107. The smallest absolute Gasteiger partial charge is 0.159 e. The second-order valence-electron chi connectivity index (χ2n) is 4.51. The molecule has 1 aliphatic heterocycles. The lowest BCUT2D eigenvalue weighted by Crippen LogP contribution is -2.44. The number of hydrogen-bond acceptors (Lipinski definition) is 3. The third-order valence-corrected chi connectivity index (χ3v) is 3.83. The maximum Gasteiger partial charge on any atom is 0.159 e. The van der Waals surface area contributed by atoms with E-state index in [9.17, 15) is 4.79 Å². The number of piperazine rings is 1. The molecule has 92 valence electrons. The topological polar surface area (TPSA) is 23.6 Å². The number of rotatable bonds is 2. The number of Topliss-reactive ketones (excluding diaryl/α,β-unsaturated/α-hetero) is 1. The Labute approximate surface area is 111 Å². The van der Waals surface area contributed by atoms with E-state index in [1.54, 1.807) is 6.92 Å². The number of benzene rings is 1. The normalized spacial score (nSPS) is 17.2. The molecule has 0 amide bonds. The van der Waals surface area contributed by atoms with Crippen molar-refractivity contribution in [3.63, 3.8) is 0 Å². The van der Waals surface area contributed by atoms with E-state index in [2.05, 4.69) is 32.8 Å². The average molecular weight is 297 g/mol. The Balaban J connectivity index is 2.19. The molecular weight excluding hydrogens is 280 g/mol. The summed E-state index contributed by atoms with van der Waals surface area (Å²) in [6, 6.07) is 5.85. The first kappa shape index (κ1) is 12.6. The van der Waals surface area contributed by atoms with Gasteiger partial charge in [-0.15, -0.1) is 0 Å². The Morgan fingerprint density at radius 2 is 1.88 bits per heavy atom. The molecule has 1 heterocycles. The quantitative estimate of drug-likeness (QED) is 0.783. The van der Waals surface area contributed by atoms with Crippen molar-refractivity contribution in [2.45, 2.75) is 6.92 Å². The van der Waals surface area contributed by atoms with Gasteiger partial charge < -0.3 is 9.80 Å². The van der Waals surface area contributed by atoms with Gasteiger partial charge in [-0.1, -0.05) is 0 Å². The number of ketones is 1. The van der Waals surface area contributed by atoms with Crippen LogP contribution in [0.3, 0.4) is 0 Å². The fourth-order valence-corrected chi connectivity index (χ4v) is 2.66. The molecule has 0 spiro atoms. The van der Waals surface area contributed by atoms with Gasteiger partial charge in [-0.05, 0) is 48.1 Å². The van der Waals surface area contributed by atoms with Crippen LogP contribution in [-0.2, 0) is 0 Å². The van der Waals surface area contributed by atoms with Crippen LogP contribution in [0.1, 0.15) is 17.3 Å². The van der Waals surface area contributed by atoms with Gasteiger partial charge in [0.25, 0.3) is 0 Å². The number of nitrogens with zero attached hydrogens (tertiary/aromatic N) is 2. The predicted molar refractivity (Wildman–Crippen MR) is 73.9 cm³/mol. The molecule has 2 rings (SSSR count). The van der Waals surface area contributed by atoms with Crippen LogP contribution in [0, 0.1) is 0 Å². The van der Waals surface area contributed by atoms with Gasteiger partial charge in [-0.2, -0.15) is 0 Å². The maximum absolute atomic E-state index is 11.3. The zero-order chi connectivity index (χ0) is 12.4. The molecule has 1 saturated heterocycles. The SMILES string of the molecule is CC(=O)c1ccc(N2CCN(C)CC2)c(Br)c1. The minimum atomic E-state index is 0.107. The van der Waals surface area contributed by atoms with Gasteiger partial charge in [-0.3, -0.25) is 4.79 Å². The largest absolute Gasteiger partial charge is 0.368 e. The molecule has 4 heteroatoms. The Bertz CT molecular complexity index is 425. The first-order valence-electron chi connectivity index (χ1n) is 5.82. The fourth-order valence-electron chi connectivity index (χ4n) is 2.03. The highest BCUT2D eigenvalue weighted by atomic mass is 79.9. The van der Waals surface area contributed by atoms with E-state index in [4.69, 9.17) is 0 Å². The fraction of sp³-hybridized carbons (Fsp3) is 0.462. The summed E-state index contributed by atoms with van der Waals surface area (Å²) in [6.45, 7) is 5.84. The summed E-state index contributed by atoms with van der Waals surface area (Å²) >= 11 is 3.56. The minimum Gasteiger partial charge on any atom is -0.368 e. The summed E-state index contributed by atoms with van der Waals surface area (Å²) in [7, 11) is 2.14. The van der Waals surface area contributed by atoms with Crippen LogP contribution in [0.5, 0.6) is 0 Å². The summed E-state index contributed by atoms with van der Waals surface area (Å²) in [4.78, 5) is 16.0. The Morgan fingerprint density at radius 1 is 1.24 bits per heavy atom. The summed E-state index contributed by atoms with van der Waals surface area (Å²) in [5.41, 5.74) is 1.94. The van der Waals surface area contributed by atoms with Crippen LogP contribution in [0.15, 0.2) is 22.7 Å². The second-order valence-corrected chi connectivity index (χ2v) is 5.37. The van der Waals surface area contributed by atoms with E-state index in [1.165, 1.54) is 5.69 Å². The first-order valence-corrected chi connectivity index (χ1v) is 6.61. The van der Waals surface area contributed by atoms with Gasteiger partial charge in [-0.25, -0.2) is 0 Å². The molecule has 0 aliphatic carbocycles. The first-order chi connectivity index (χ1) is 8.08. The predicted octanol–water partition coefficient (Wildman–Crippen LogP) is 2.40. The van der Waals surface area contributed by atoms with Crippen molar-refractivity contribution in [3.05, 3.63) is 28.2 Å². The van der Waals surface area contributed by atoms with Crippen molar-refractivity contribution in [2.75, 3.05) is 38.1 Å². The molecule has 1 aromatic rings. The van der Waals surface area contributed by atoms with Gasteiger partial charge in [0.1, 0.15) is 0 Å². The third kappa shape index (κ3) is 2.87. The lowest BCUT2D eigenvalue weighted by atomic mass is 10.1. The lowest BCUT2D eigenvalue weighted by molar-refractivity contribution is 0.101. The van der Waals surface area contributed by atoms with Crippen LogP contribution >= 0.6 is 15.9 Å². The van der Waals surface area contributed by atoms with Gasteiger partial charge in [0.2, 0.25) is 0 Å². The number of hydrogen-bond donors (Lipinski definition) is 0. The van der Waals surface area contributed by atoms with E-state index < -0.39 is 0 Å². The number of likely N-dealkylation sites (N-methyl/N-ethyl adjacent to an activating group) is 1. The summed E-state index contributed by atoms with van der Waals surface area (Å²) in [5.74, 6) is 0.107. The van der Waals surface area contributed by atoms with E-state index in [1.807, 2.05) is 18.2 Å². The van der Waals surface area contributed by atoms with Gasteiger partial charge in [0.05, 0.1) is 5.69 Å². The van der Waals surface area contributed by atoms with E-state index in [0.717, 1.165) is 36.2 Å². The van der Waals surface area contributed by atoms with Crippen LogP contribution < -0.4 is 4.90 Å². The molecule has 0 bridgehead atoms. The Kier molecular flexibility index (Phi) is 3.84.